The fourth-order valence-corrected chi connectivity index (χ4v) is 2.81. The minimum absolute atomic E-state index is 0.162. The van der Waals surface area contributed by atoms with Crippen molar-refractivity contribution in [1.82, 2.24) is 10.6 Å². The molecule has 5 heteroatoms. The summed E-state index contributed by atoms with van der Waals surface area (Å²) in [4.78, 5) is 14.1. The molecule has 0 saturated carbocycles. The highest BCUT2D eigenvalue weighted by Gasteiger charge is 2.23. The Morgan fingerprint density at radius 3 is 3.09 bits per heavy atom. The van der Waals surface area contributed by atoms with E-state index in [1.54, 1.807) is 7.11 Å². The minimum atomic E-state index is 0.162. The fraction of sp³-hybridized carbons (Fsp3) is 0.588. The highest BCUT2D eigenvalue weighted by molar-refractivity contribution is 5.75. The monoisotopic (exact) mass is 305 g/mol. The molecule has 0 radical (unpaired) electrons. The number of benzene rings is 1. The van der Waals surface area contributed by atoms with Gasteiger partial charge in [-0.2, -0.15) is 0 Å². The number of hydrogen-bond donors (Lipinski definition) is 2. The van der Waals surface area contributed by atoms with Crippen molar-refractivity contribution in [3.8, 4) is 5.75 Å². The Kier molecular flexibility index (Phi) is 6.52. The largest absolute Gasteiger partial charge is 0.497 e. The van der Waals surface area contributed by atoms with E-state index >= 15 is 0 Å². The summed E-state index contributed by atoms with van der Waals surface area (Å²) in [5, 5.41) is 6.12. The Labute approximate surface area is 133 Å². The smallest absolute Gasteiger partial charge is 0.220 e. The van der Waals surface area contributed by atoms with Crippen LogP contribution in [0.5, 0.6) is 5.75 Å². The topological polar surface area (TPSA) is 53.6 Å². The molecule has 1 aliphatic heterocycles. The zero-order chi connectivity index (χ0) is 15.8. The number of ether oxygens (including phenoxy) is 1. The van der Waals surface area contributed by atoms with Gasteiger partial charge in [0.05, 0.1) is 7.11 Å². The number of carbonyl (C=O) groups excluding carboxylic acids is 1. The van der Waals surface area contributed by atoms with Gasteiger partial charge in [0.25, 0.3) is 0 Å². The van der Waals surface area contributed by atoms with Gasteiger partial charge in [-0.05, 0) is 44.5 Å². The molecule has 1 unspecified atom stereocenters. The van der Waals surface area contributed by atoms with Crippen molar-refractivity contribution in [3.63, 3.8) is 0 Å². The normalized spacial score (nSPS) is 17.5. The molecular weight excluding hydrogens is 278 g/mol. The summed E-state index contributed by atoms with van der Waals surface area (Å²) in [6.07, 6.45) is 2.62. The molecule has 1 aromatic rings. The van der Waals surface area contributed by atoms with Gasteiger partial charge in [0, 0.05) is 37.8 Å². The second-order valence-corrected chi connectivity index (χ2v) is 5.81. The first kappa shape index (κ1) is 16.6. The molecule has 1 fully saturated rings. The number of nitrogens with zero attached hydrogens (tertiary/aromatic N) is 1. The van der Waals surface area contributed by atoms with Crippen molar-refractivity contribution in [2.45, 2.75) is 19.3 Å². The number of hydrogen-bond acceptors (Lipinski definition) is 4. The second kappa shape index (κ2) is 8.63. The third-order valence-corrected chi connectivity index (χ3v) is 4.12. The second-order valence-electron chi connectivity index (χ2n) is 5.81. The number of anilines is 1. The summed E-state index contributed by atoms with van der Waals surface area (Å²) in [7, 11) is 3.60. The van der Waals surface area contributed by atoms with E-state index in [9.17, 15) is 4.79 Å². The summed E-state index contributed by atoms with van der Waals surface area (Å²) in [6.45, 7) is 3.69. The molecule has 1 saturated heterocycles. The molecule has 1 heterocycles. The third kappa shape index (κ3) is 4.91. The first-order valence-electron chi connectivity index (χ1n) is 8.03. The van der Waals surface area contributed by atoms with Crippen LogP contribution in [0.2, 0.25) is 0 Å². The summed E-state index contributed by atoms with van der Waals surface area (Å²) in [5.74, 6) is 1.58. The zero-order valence-electron chi connectivity index (χ0n) is 13.6. The highest BCUT2D eigenvalue weighted by atomic mass is 16.5. The van der Waals surface area contributed by atoms with Crippen LogP contribution in [-0.4, -0.2) is 46.2 Å². The van der Waals surface area contributed by atoms with Crippen molar-refractivity contribution in [2.75, 3.05) is 45.2 Å². The van der Waals surface area contributed by atoms with Crippen LogP contribution in [-0.2, 0) is 4.79 Å². The average Bonchev–Trinajstić information content (AvgIpc) is 3.02. The quantitative estimate of drug-likeness (QED) is 0.717. The minimum Gasteiger partial charge on any atom is -0.497 e. The van der Waals surface area contributed by atoms with Gasteiger partial charge in [-0.1, -0.05) is 6.07 Å². The van der Waals surface area contributed by atoms with Crippen LogP contribution in [0.25, 0.3) is 0 Å². The lowest BCUT2D eigenvalue weighted by Gasteiger charge is -2.19. The van der Waals surface area contributed by atoms with Gasteiger partial charge in [0.2, 0.25) is 5.91 Å². The number of nitrogens with one attached hydrogen (secondary N) is 2. The Hall–Kier alpha value is -1.75. The summed E-state index contributed by atoms with van der Waals surface area (Å²) in [5.41, 5.74) is 1.20. The lowest BCUT2D eigenvalue weighted by molar-refractivity contribution is -0.121. The molecule has 1 aromatic carbocycles. The van der Waals surface area contributed by atoms with Crippen molar-refractivity contribution in [3.05, 3.63) is 24.3 Å². The van der Waals surface area contributed by atoms with Crippen molar-refractivity contribution in [1.29, 1.82) is 0 Å². The summed E-state index contributed by atoms with van der Waals surface area (Å²) in [6, 6.07) is 8.16. The molecule has 2 rings (SSSR count). The molecule has 0 aliphatic carbocycles. The van der Waals surface area contributed by atoms with Crippen LogP contribution in [0.3, 0.4) is 0 Å². The lowest BCUT2D eigenvalue weighted by atomic mass is 10.1. The van der Waals surface area contributed by atoms with Gasteiger partial charge in [0.1, 0.15) is 5.75 Å². The molecular formula is C17H27N3O2. The van der Waals surface area contributed by atoms with Crippen LogP contribution < -0.4 is 20.3 Å². The van der Waals surface area contributed by atoms with Crippen LogP contribution in [0.15, 0.2) is 24.3 Å². The van der Waals surface area contributed by atoms with Gasteiger partial charge in [-0.3, -0.25) is 4.79 Å². The van der Waals surface area contributed by atoms with Crippen LogP contribution >= 0.6 is 0 Å². The number of carbonyl (C=O) groups is 1. The first-order chi connectivity index (χ1) is 10.7. The molecule has 0 bridgehead atoms. The van der Waals surface area contributed by atoms with Crippen molar-refractivity contribution in [2.24, 2.45) is 5.92 Å². The molecule has 1 atom stereocenters. The van der Waals surface area contributed by atoms with Crippen molar-refractivity contribution < 1.29 is 9.53 Å². The van der Waals surface area contributed by atoms with E-state index in [1.165, 1.54) is 5.69 Å². The maximum atomic E-state index is 11.7. The van der Waals surface area contributed by atoms with Crippen LogP contribution in [0, 0.1) is 5.92 Å². The highest BCUT2D eigenvalue weighted by Crippen LogP contribution is 2.26. The van der Waals surface area contributed by atoms with Gasteiger partial charge in [-0.25, -0.2) is 0 Å². The van der Waals surface area contributed by atoms with Crippen molar-refractivity contribution >= 4 is 11.6 Å². The predicted molar refractivity (Wildman–Crippen MR) is 89.5 cm³/mol. The number of amides is 1. The number of methoxy groups -OCH3 is 1. The molecule has 2 N–H and O–H groups in total. The number of rotatable bonds is 8. The molecule has 1 aliphatic rings. The Balaban J connectivity index is 1.74. The summed E-state index contributed by atoms with van der Waals surface area (Å²) >= 11 is 0. The Morgan fingerprint density at radius 2 is 2.32 bits per heavy atom. The average molecular weight is 305 g/mol. The van der Waals surface area contributed by atoms with E-state index in [1.807, 2.05) is 19.2 Å². The van der Waals surface area contributed by atoms with E-state index in [-0.39, 0.29) is 5.91 Å². The molecule has 22 heavy (non-hydrogen) atoms. The zero-order valence-corrected chi connectivity index (χ0v) is 13.6. The van der Waals surface area contributed by atoms with E-state index in [0.29, 0.717) is 12.3 Å². The molecule has 122 valence electrons. The molecule has 1 amide bonds. The van der Waals surface area contributed by atoms with E-state index in [2.05, 4.69) is 27.7 Å². The third-order valence-electron chi connectivity index (χ3n) is 4.12. The predicted octanol–water partition coefficient (Wildman–Crippen LogP) is 1.64. The van der Waals surface area contributed by atoms with Gasteiger partial charge >= 0.3 is 0 Å². The van der Waals surface area contributed by atoms with E-state index < -0.39 is 0 Å². The molecule has 0 spiro atoms. The van der Waals surface area contributed by atoms with Gasteiger partial charge in [0.15, 0.2) is 0 Å². The summed E-state index contributed by atoms with van der Waals surface area (Å²) < 4.78 is 5.28. The van der Waals surface area contributed by atoms with E-state index in [4.69, 9.17) is 4.74 Å². The van der Waals surface area contributed by atoms with Gasteiger partial charge in [-0.15, -0.1) is 0 Å². The fourth-order valence-electron chi connectivity index (χ4n) is 2.81. The van der Waals surface area contributed by atoms with Gasteiger partial charge < -0.3 is 20.3 Å². The maximum absolute atomic E-state index is 11.7. The van der Waals surface area contributed by atoms with E-state index in [0.717, 1.165) is 44.8 Å². The maximum Gasteiger partial charge on any atom is 0.220 e. The van der Waals surface area contributed by atoms with Crippen LogP contribution in [0.1, 0.15) is 19.3 Å². The Morgan fingerprint density at radius 1 is 1.45 bits per heavy atom. The van der Waals surface area contributed by atoms with Crippen LogP contribution in [0.4, 0.5) is 5.69 Å². The SMILES string of the molecule is CNCCCC(=O)NCC1CCN(c2cccc(OC)c2)C1. The first-order valence-corrected chi connectivity index (χ1v) is 8.03. The Bertz CT molecular complexity index is 479. The lowest BCUT2D eigenvalue weighted by Crippen LogP contribution is -2.31. The molecule has 5 nitrogen and oxygen atoms in total. The standard InChI is InChI=1S/C17H27N3O2/c1-18-9-4-7-17(21)19-12-14-8-10-20(13-14)15-5-3-6-16(11-15)22-2/h3,5-6,11,14,18H,4,7-10,12-13H2,1-2H3,(H,19,21). The molecule has 0 aromatic heterocycles.